The second kappa shape index (κ2) is 7.53. The van der Waals surface area contributed by atoms with E-state index in [1.54, 1.807) is 0 Å². The number of tetrazole rings is 1. The average Bonchev–Trinajstić information content (AvgIpc) is 2.86. The van der Waals surface area contributed by atoms with Crippen LogP contribution in [0.4, 0.5) is 0 Å². The van der Waals surface area contributed by atoms with Gasteiger partial charge in [-0.2, -0.15) is 0 Å². The van der Waals surface area contributed by atoms with Crippen LogP contribution in [0.2, 0.25) is 0 Å². The molecule has 1 aromatic rings. The Kier molecular flexibility index (Phi) is 6.04. The molecule has 0 aliphatic carbocycles. The molecule has 0 saturated heterocycles. The number of carbonyl (C=O) groups excluding carboxylic acids is 1. The first-order valence-electron chi connectivity index (χ1n) is 6.43. The largest absolute Gasteiger partial charge is 0.481 e. The third-order valence-electron chi connectivity index (χ3n) is 3.17. The second-order valence-electron chi connectivity index (χ2n) is 4.77. The average molecular weight is 284 g/mol. The highest BCUT2D eigenvalue weighted by Crippen LogP contribution is 2.12. The highest BCUT2D eigenvalue weighted by Gasteiger charge is 2.26. The van der Waals surface area contributed by atoms with Crippen molar-refractivity contribution in [3.63, 3.8) is 0 Å². The minimum Gasteiger partial charge on any atom is -0.481 e. The van der Waals surface area contributed by atoms with Crippen LogP contribution in [0.5, 0.6) is 0 Å². The predicted octanol–water partition coefficient (Wildman–Crippen LogP) is -0.925. The summed E-state index contributed by atoms with van der Waals surface area (Å²) in [7, 11) is 0. The lowest BCUT2D eigenvalue weighted by atomic mass is 9.91. The second-order valence-corrected chi connectivity index (χ2v) is 4.77. The summed E-state index contributed by atoms with van der Waals surface area (Å²) < 4.78 is 0. The molecule has 9 heteroatoms. The first-order chi connectivity index (χ1) is 9.43. The molecular formula is C11H20N6O3. The van der Waals surface area contributed by atoms with E-state index in [9.17, 15) is 9.59 Å². The molecule has 0 aromatic carbocycles. The molecule has 0 aliphatic rings. The van der Waals surface area contributed by atoms with Gasteiger partial charge in [-0.1, -0.05) is 20.3 Å². The fourth-order valence-electron chi connectivity index (χ4n) is 1.90. The molecule has 1 heterocycles. The van der Waals surface area contributed by atoms with Gasteiger partial charge in [0, 0.05) is 12.1 Å². The smallest absolute Gasteiger partial charge is 0.305 e. The Bertz CT molecular complexity index is 435. The summed E-state index contributed by atoms with van der Waals surface area (Å²) in [6, 6.07) is -1.04. The number of amides is 1. The van der Waals surface area contributed by atoms with Crippen molar-refractivity contribution in [2.24, 2.45) is 11.7 Å². The van der Waals surface area contributed by atoms with Crippen molar-refractivity contribution in [1.29, 1.82) is 0 Å². The van der Waals surface area contributed by atoms with Gasteiger partial charge in [0.25, 0.3) is 0 Å². The summed E-state index contributed by atoms with van der Waals surface area (Å²) in [5, 5.41) is 24.4. The molecule has 1 amide bonds. The molecule has 1 aromatic heterocycles. The predicted molar refractivity (Wildman–Crippen MR) is 69.5 cm³/mol. The summed E-state index contributed by atoms with van der Waals surface area (Å²) in [4.78, 5) is 22.6. The number of carbonyl (C=O) groups is 2. The highest BCUT2D eigenvalue weighted by atomic mass is 16.4. The van der Waals surface area contributed by atoms with E-state index in [2.05, 4.69) is 25.9 Å². The number of carboxylic acids is 1. The number of hydrogen-bond donors (Lipinski definition) is 4. The normalized spacial score (nSPS) is 15.3. The number of aliphatic carboxylic acids is 1. The fraction of sp³-hybridized carbons (Fsp3) is 0.727. The van der Waals surface area contributed by atoms with Gasteiger partial charge < -0.3 is 16.2 Å². The van der Waals surface area contributed by atoms with Gasteiger partial charge in [-0.25, -0.2) is 5.10 Å². The maximum Gasteiger partial charge on any atom is 0.305 e. The lowest BCUT2D eigenvalue weighted by Gasteiger charge is -2.29. The number of H-pyrrole nitrogens is 1. The van der Waals surface area contributed by atoms with E-state index in [4.69, 9.17) is 10.8 Å². The monoisotopic (exact) mass is 284 g/mol. The van der Waals surface area contributed by atoms with Crippen molar-refractivity contribution in [2.45, 2.75) is 45.2 Å². The topological polar surface area (TPSA) is 147 Å². The number of aromatic nitrogens is 4. The summed E-state index contributed by atoms with van der Waals surface area (Å²) in [6.07, 6.45) is 0.584. The number of nitrogens with two attached hydrogens (primary N) is 1. The Morgan fingerprint density at radius 3 is 2.70 bits per heavy atom. The minimum absolute atomic E-state index is 0.000272. The first kappa shape index (κ1) is 16.0. The van der Waals surface area contributed by atoms with Crippen LogP contribution in [0, 0.1) is 5.92 Å². The van der Waals surface area contributed by atoms with E-state index in [-0.39, 0.29) is 24.7 Å². The molecule has 0 radical (unpaired) electrons. The summed E-state index contributed by atoms with van der Waals surface area (Å²) >= 11 is 0. The zero-order chi connectivity index (χ0) is 15.1. The molecule has 3 unspecified atom stereocenters. The third kappa shape index (κ3) is 4.92. The molecule has 3 atom stereocenters. The van der Waals surface area contributed by atoms with Crippen LogP contribution in [-0.2, 0) is 16.0 Å². The summed E-state index contributed by atoms with van der Waals surface area (Å²) in [5.74, 6) is -0.868. The van der Waals surface area contributed by atoms with E-state index in [1.165, 1.54) is 0 Å². The highest BCUT2D eigenvalue weighted by molar-refractivity contribution is 5.78. The van der Waals surface area contributed by atoms with Gasteiger partial charge in [-0.15, -0.1) is 5.10 Å². The van der Waals surface area contributed by atoms with Gasteiger partial charge in [0.05, 0.1) is 12.8 Å². The molecule has 1 rings (SSSR count). The van der Waals surface area contributed by atoms with Crippen molar-refractivity contribution >= 4 is 11.9 Å². The molecule has 0 bridgehead atoms. The Morgan fingerprint density at radius 1 is 1.50 bits per heavy atom. The number of nitrogens with one attached hydrogen (secondary N) is 2. The Hall–Kier alpha value is -2.03. The molecule has 0 fully saturated rings. The van der Waals surface area contributed by atoms with Gasteiger partial charge in [-0.05, 0) is 16.3 Å². The van der Waals surface area contributed by atoms with Gasteiger partial charge in [-0.3, -0.25) is 9.59 Å². The Morgan fingerprint density at radius 2 is 2.20 bits per heavy atom. The van der Waals surface area contributed by atoms with E-state index in [0.717, 1.165) is 6.42 Å². The summed E-state index contributed by atoms with van der Waals surface area (Å²) in [6.45, 7) is 3.88. The SMILES string of the molecule is CCC(C)C(NC(=O)Cc1nnn[nH]1)C(N)CC(=O)O. The number of hydrogen-bond acceptors (Lipinski definition) is 6. The van der Waals surface area contributed by atoms with Crippen molar-refractivity contribution in [1.82, 2.24) is 25.9 Å². The number of aromatic amines is 1. The molecule has 0 spiro atoms. The van der Waals surface area contributed by atoms with Crippen LogP contribution in [0.15, 0.2) is 0 Å². The molecule has 0 saturated carbocycles. The summed E-state index contributed by atoms with van der Waals surface area (Å²) in [5.41, 5.74) is 5.87. The quantitative estimate of drug-likeness (QED) is 0.482. The van der Waals surface area contributed by atoms with E-state index >= 15 is 0 Å². The van der Waals surface area contributed by atoms with Crippen molar-refractivity contribution in [3.05, 3.63) is 5.82 Å². The van der Waals surface area contributed by atoms with Crippen molar-refractivity contribution < 1.29 is 14.7 Å². The first-order valence-corrected chi connectivity index (χ1v) is 6.43. The standard InChI is InChI=1S/C11H20N6O3/c1-3-6(2)11(7(12)4-10(19)20)13-9(18)5-8-14-16-17-15-8/h6-7,11H,3-5,12H2,1-2H3,(H,13,18)(H,19,20)(H,14,15,16,17). The van der Waals surface area contributed by atoms with Crippen LogP contribution in [0.3, 0.4) is 0 Å². The van der Waals surface area contributed by atoms with E-state index < -0.39 is 18.1 Å². The van der Waals surface area contributed by atoms with E-state index in [1.807, 2.05) is 13.8 Å². The maximum atomic E-state index is 11.9. The van der Waals surface area contributed by atoms with Crippen molar-refractivity contribution in [3.8, 4) is 0 Å². The van der Waals surface area contributed by atoms with Crippen LogP contribution in [0.1, 0.15) is 32.5 Å². The zero-order valence-electron chi connectivity index (χ0n) is 11.5. The third-order valence-corrected chi connectivity index (χ3v) is 3.17. The van der Waals surface area contributed by atoms with Crippen LogP contribution in [0.25, 0.3) is 0 Å². The van der Waals surface area contributed by atoms with Crippen LogP contribution in [-0.4, -0.2) is 49.7 Å². The van der Waals surface area contributed by atoms with Crippen LogP contribution < -0.4 is 11.1 Å². The molecule has 9 nitrogen and oxygen atoms in total. The number of nitrogens with zero attached hydrogens (tertiary/aromatic N) is 3. The zero-order valence-corrected chi connectivity index (χ0v) is 11.5. The molecule has 20 heavy (non-hydrogen) atoms. The van der Waals surface area contributed by atoms with E-state index in [0.29, 0.717) is 5.82 Å². The van der Waals surface area contributed by atoms with Crippen molar-refractivity contribution in [2.75, 3.05) is 0 Å². The molecular weight excluding hydrogens is 264 g/mol. The fourth-order valence-corrected chi connectivity index (χ4v) is 1.90. The van der Waals surface area contributed by atoms with Gasteiger partial charge in [0.15, 0.2) is 5.82 Å². The number of carboxylic acid groups (broad SMARTS) is 1. The van der Waals surface area contributed by atoms with Gasteiger partial charge in [0.2, 0.25) is 5.91 Å². The molecule has 5 N–H and O–H groups in total. The van der Waals surface area contributed by atoms with Crippen LogP contribution >= 0.6 is 0 Å². The number of rotatable bonds is 8. The Labute approximate surface area is 116 Å². The Balaban J connectivity index is 2.63. The lowest BCUT2D eigenvalue weighted by molar-refractivity contribution is -0.138. The molecule has 112 valence electrons. The maximum absolute atomic E-state index is 11.9. The molecule has 0 aliphatic heterocycles. The lowest BCUT2D eigenvalue weighted by Crippen LogP contribution is -2.52. The van der Waals surface area contributed by atoms with Gasteiger partial charge in [0.1, 0.15) is 0 Å². The van der Waals surface area contributed by atoms with Gasteiger partial charge >= 0.3 is 5.97 Å². The minimum atomic E-state index is -0.987.